The molecule has 1 unspecified atom stereocenters. The standard InChI is InChI=1S/C57H96O5/c1-4-7-10-13-16-19-22-25-27-28-29-31-34-37-40-43-46-49-52-60-53-55(62-57(59)51-48-45-42-39-36-32-24-21-18-15-12-9-6-3)54-61-56(58)50-47-44-41-38-35-33-30-26-23-20-17-14-11-8-5-2/h8,11-12,15,17,20-21,24-27,30,35,38,44,47,55H,4-7,9-10,13-14,16,18-19,22-23,28-29,31-34,36-37,39-43,45-46,48-54H2,1-3H3/b11-8-,15-12-,20-17-,24-21-,27-25-,30-26-,38-35-,47-44-. The van der Waals surface area contributed by atoms with Crippen LogP contribution in [0.5, 0.6) is 0 Å². The molecule has 0 fully saturated rings. The lowest BCUT2D eigenvalue weighted by Crippen LogP contribution is -2.30. The van der Waals surface area contributed by atoms with Crippen molar-refractivity contribution in [3.05, 3.63) is 97.2 Å². The van der Waals surface area contributed by atoms with Crippen LogP contribution in [0, 0.1) is 0 Å². The summed E-state index contributed by atoms with van der Waals surface area (Å²) >= 11 is 0. The van der Waals surface area contributed by atoms with E-state index in [2.05, 4.69) is 106 Å². The molecule has 0 rings (SSSR count). The molecule has 5 heteroatoms. The Morgan fingerprint density at radius 2 is 0.806 bits per heavy atom. The van der Waals surface area contributed by atoms with Gasteiger partial charge in [0, 0.05) is 13.0 Å². The number of unbranched alkanes of at least 4 members (excludes halogenated alkanes) is 20. The van der Waals surface area contributed by atoms with Crippen LogP contribution in [0.15, 0.2) is 97.2 Å². The molecule has 0 N–H and O–H groups in total. The highest BCUT2D eigenvalue weighted by atomic mass is 16.6. The molecule has 0 heterocycles. The minimum atomic E-state index is -0.589. The molecular formula is C57H96O5. The van der Waals surface area contributed by atoms with Crippen LogP contribution in [0.3, 0.4) is 0 Å². The number of hydrogen-bond acceptors (Lipinski definition) is 5. The van der Waals surface area contributed by atoms with Gasteiger partial charge in [-0.15, -0.1) is 0 Å². The fraction of sp³-hybridized carbons (Fsp3) is 0.684. The first kappa shape index (κ1) is 58.8. The molecule has 354 valence electrons. The predicted molar refractivity (Wildman–Crippen MR) is 270 cm³/mol. The van der Waals surface area contributed by atoms with Crippen LogP contribution in [0.25, 0.3) is 0 Å². The third kappa shape index (κ3) is 49.5. The molecule has 0 aliphatic carbocycles. The Labute approximate surface area is 383 Å². The zero-order valence-electron chi connectivity index (χ0n) is 40.6. The van der Waals surface area contributed by atoms with E-state index in [-0.39, 0.29) is 31.6 Å². The number of rotatable bonds is 46. The first-order valence-corrected chi connectivity index (χ1v) is 25.8. The van der Waals surface area contributed by atoms with E-state index < -0.39 is 6.10 Å². The van der Waals surface area contributed by atoms with E-state index in [4.69, 9.17) is 14.2 Å². The topological polar surface area (TPSA) is 61.8 Å². The second kappa shape index (κ2) is 52.2. The average molecular weight is 861 g/mol. The summed E-state index contributed by atoms with van der Waals surface area (Å²) in [6, 6.07) is 0. The second-order valence-corrected chi connectivity index (χ2v) is 16.7. The third-order valence-corrected chi connectivity index (χ3v) is 10.6. The molecule has 0 amide bonds. The Bertz CT molecular complexity index is 1200. The highest BCUT2D eigenvalue weighted by molar-refractivity contribution is 5.71. The van der Waals surface area contributed by atoms with Crippen molar-refractivity contribution in [1.29, 1.82) is 0 Å². The number of esters is 2. The minimum absolute atomic E-state index is 0.0199. The summed E-state index contributed by atoms with van der Waals surface area (Å²) in [5, 5.41) is 0. The summed E-state index contributed by atoms with van der Waals surface area (Å²) < 4.78 is 17.3. The number of ether oxygens (including phenoxy) is 3. The van der Waals surface area contributed by atoms with Gasteiger partial charge in [0.05, 0.1) is 13.0 Å². The van der Waals surface area contributed by atoms with Gasteiger partial charge in [-0.1, -0.05) is 214 Å². The molecule has 0 aromatic carbocycles. The first-order chi connectivity index (χ1) is 30.6. The maximum Gasteiger partial charge on any atom is 0.309 e. The van der Waals surface area contributed by atoms with E-state index >= 15 is 0 Å². The summed E-state index contributed by atoms with van der Waals surface area (Å²) in [6.07, 6.45) is 70.1. The normalized spacial score (nSPS) is 13.0. The number of carbonyl (C=O) groups excluding carboxylic acids is 2. The van der Waals surface area contributed by atoms with E-state index in [1.807, 2.05) is 12.2 Å². The third-order valence-electron chi connectivity index (χ3n) is 10.6. The number of allylic oxidation sites excluding steroid dienone is 15. The molecule has 0 spiro atoms. The van der Waals surface area contributed by atoms with Gasteiger partial charge in [-0.05, 0) is 96.3 Å². The van der Waals surface area contributed by atoms with Gasteiger partial charge in [0.25, 0.3) is 0 Å². The highest BCUT2D eigenvalue weighted by Crippen LogP contribution is 2.13. The SMILES string of the molecule is CC/C=C\C/C=C\C/C=C\C/C=C\C/C=C\CC(=O)OCC(COCCCCCCCCCC/C=C\CCCCCCCC)OC(=O)CCCCCCC/C=C\C/C=C\CCC. The fourth-order valence-electron chi connectivity index (χ4n) is 6.79. The van der Waals surface area contributed by atoms with Gasteiger partial charge >= 0.3 is 11.9 Å². The fourth-order valence-corrected chi connectivity index (χ4v) is 6.79. The van der Waals surface area contributed by atoms with Crippen LogP contribution in [-0.2, 0) is 23.8 Å². The predicted octanol–water partition coefficient (Wildman–Crippen LogP) is 17.5. The molecule has 5 nitrogen and oxygen atoms in total. The summed E-state index contributed by atoms with van der Waals surface area (Å²) in [4.78, 5) is 25.3. The number of carbonyl (C=O) groups is 2. The summed E-state index contributed by atoms with van der Waals surface area (Å²) in [7, 11) is 0. The summed E-state index contributed by atoms with van der Waals surface area (Å²) in [6.45, 7) is 7.52. The molecule has 0 aliphatic rings. The van der Waals surface area contributed by atoms with Crippen LogP contribution < -0.4 is 0 Å². The highest BCUT2D eigenvalue weighted by Gasteiger charge is 2.17. The molecule has 0 aliphatic heterocycles. The van der Waals surface area contributed by atoms with E-state index in [9.17, 15) is 9.59 Å². The van der Waals surface area contributed by atoms with Gasteiger partial charge in [-0.2, -0.15) is 0 Å². The van der Waals surface area contributed by atoms with Crippen molar-refractivity contribution < 1.29 is 23.8 Å². The molecular weight excluding hydrogens is 765 g/mol. The largest absolute Gasteiger partial charge is 0.461 e. The van der Waals surface area contributed by atoms with Crippen molar-refractivity contribution in [2.45, 2.75) is 232 Å². The minimum Gasteiger partial charge on any atom is -0.461 e. The first-order valence-electron chi connectivity index (χ1n) is 25.8. The van der Waals surface area contributed by atoms with Crippen molar-refractivity contribution in [3.8, 4) is 0 Å². The van der Waals surface area contributed by atoms with Gasteiger partial charge in [0.15, 0.2) is 6.10 Å². The zero-order chi connectivity index (χ0) is 44.9. The Morgan fingerprint density at radius 3 is 1.32 bits per heavy atom. The van der Waals surface area contributed by atoms with E-state index in [0.717, 1.165) is 83.5 Å². The lowest BCUT2D eigenvalue weighted by Gasteiger charge is -2.18. The van der Waals surface area contributed by atoms with Gasteiger partial charge < -0.3 is 14.2 Å². The van der Waals surface area contributed by atoms with Crippen LogP contribution in [0.1, 0.15) is 226 Å². The van der Waals surface area contributed by atoms with Gasteiger partial charge in [0.1, 0.15) is 6.61 Å². The van der Waals surface area contributed by atoms with Crippen molar-refractivity contribution in [2.24, 2.45) is 0 Å². The zero-order valence-corrected chi connectivity index (χ0v) is 40.6. The van der Waals surface area contributed by atoms with Gasteiger partial charge in [0.2, 0.25) is 0 Å². The Morgan fingerprint density at radius 1 is 0.387 bits per heavy atom. The molecule has 0 saturated carbocycles. The Hall–Kier alpha value is -3.18. The van der Waals surface area contributed by atoms with Crippen molar-refractivity contribution in [2.75, 3.05) is 19.8 Å². The van der Waals surface area contributed by atoms with Crippen LogP contribution in [0.4, 0.5) is 0 Å². The lowest BCUT2D eigenvalue weighted by atomic mass is 10.1. The molecule has 62 heavy (non-hydrogen) atoms. The van der Waals surface area contributed by atoms with E-state index in [0.29, 0.717) is 13.0 Å². The molecule has 0 radical (unpaired) electrons. The smallest absolute Gasteiger partial charge is 0.309 e. The van der Waals surface area contributed by atoms with Crippen molar-refractivity contribution in [1.82, 2.24) is 0 Å². The van der Waals surface area contributed by atoms with Crippen LogP contribution in [0.2, 0.25) is 0 Å². The van der Waals surface area contributed by atoms with Gasteiger partial charge in [-0.25, -0.2) is 0 Å². The molecule has 1 atom stereocenters. The quantitative estimate of drug-likeness (QED) is 0.0347. The van der Waals surface area contributed by atoms with Crippen molar-refractivity contribution in [3.63, 3.8) is 0 Å². The Kier molecular flexibility index (Phi) is 49.5. The molecule has 0 saturated heterocycles. The molecule has 0 aromatic rings. The number of hydrogen-bond donors (Lipinski definition) is 0. The monoisotopic (exact) mass is 861 g/mol. The van der Waals surface area contributed by atoms with Crippen LogP contribution >= 0.6 is 0 Å². The van der Waals surface area contributed by atoms with E-state index in [1.54, 1.807) is 0 Å². The van der Waals surface area contributed by atoms with Crippen molar-refractivity contribution >= 4 is 11.9 Å². The second-order valence-electron chi connectivity index (χ2n) is 16.7. The van der Waals surface area contributed by atoms with E-state index in [1.165, 1.54) is 109 Å². The summed E-state index contributed by atoms with van der Waals surface area (Å²) in [5.74, 6) is -0.564. The summed E-state index contributed by atoms with van der Waals surface area (Å²) in [5.41, 5.74) is 0. The van der Waals surface area contributed by atoms with Crippen LogP contribution in [-0.4, -0.2) is 37.9 Å². The molecule has 0 aromatic heterocycles. The maximum absolute atomic E-state index is 12.8. The van der Waals surface area contributed by atoms with Gasteiger partial charge in [-0.3, -0.25) is 9.59 Å². The Balaban J connectivity index is 4.39. The maximum atomic E-state index is 12.8. The molecule has 0 bridgehead atoms. The average Bonchev–Trinajstić information content (AvgIpc) is 3.27. The lowest BCUT2D eigenvalue weighted by molar-refractivity contribution is -0.162.